The zero-order valence-electron chi connectivity index (χ0n) is 23.3. The van der Waals surface area contributed by atoms with Gasteiger partial charge in [-0.25, -0.2) is 0 Å². The van der Waals surface area contributed by atoms with Crippen LogP contribution in [0.4, 0.5) is 11.4 Å². The highest BCUT2D eigenvalue weighted by Crippen LogP contribution is 2.31. The van der Waals surface area contributed by atoms with E-state index in [1.807, 2.05) is 45.0 Å². The monoisotopic (exact) mass is 543 g/mol. The topological polar surface area (TPSA) is 105 Å². The van der Waals surface area contributed by atoms with Gasteiger partial charge in [0.15, 0.2) is 0 Å². The third-order valence-corrected chi connectivity index (χ3v) is 6.87. The molecule has 0 bridgehead atoms. The number of methoxy groups -OCH3 is 2. The fraction of sp³-hybridized carbons (Fsp3) is 0.290. The Kier molecular flexibility index (Phi) is 8.52. The lowest BCUT2D eigenvalue weighted by molar-refractivity contribution is -0.140. The standard InChI is InChI=1S/C31H33N3O6/c1-19(2)28(30(37)32-24-15-14-22(39-4)16-26(24)40-5)34(17-21-12-10-20(3)11-13-21)27(35)18-33-25-9-7-6-8-23(25)29(36)31(33)38/h6-16,19,28H,17-18H2,1-5H3,(H,32,37). The first-order valence-corrected chi connectivity index (χ1v) is 13.0. The van der Waals surface area contributed by atoms with Crippen molar-refractivity contribution in [2.24, 2.45) is 5.92 Å². The number of para-hydroxylation sites is 1. The van der Waals surface area contributed by atoms with Gasteiger partial charge in [0.25, 0.3) is 11.7 Å². The first-order chi connectivity index (χ1) is 19.1. The Balaban J connectivity index is 1.67. The van der Waals surface area contributed by atoms with Crippen molar-refractivity contribution in [3.63, 3.8) is 0 Å². The second-order valence-electron chi connectivity index (χ2n) is 9.99. The van der Waals surface area contributed by atoms with E-state index >= 15 is 0 Å². The van der Waals surface area contributed by atoms with Gasteiger partial charge in [-0.2, -0.15) is 0 Å². The fourth-order valence-electron chi connectivity index (χ4n) is 4.78. The van der Waals surface area contributed by atoms with E-state index in [9.17, 15) is 19.2 Å². The summed E-state index contributed by atoms with van der Waals surface area (Å²) in [7, 11) is 3.03. The number of anilines is 2. The normalized spacial score (nSPS) is 13.2. The van der Waals surface area contributed by atoms with E-state index in [2.05, 4.69) is 5.32 Å². The molecule has 208 valence electrons. The van der Waals surface area contributed by atoms with Gasteiger partial charge in [-0.1, -0.05) is 55.8 Å². The number of hydrogen-bond donors (Lipinski definition) is 1. The van der Waals surface area contributed by atoms with Gasteiger partial charge in [0, 0.05) is 12.6 Å². The van der Waals surface area contributed by atoms with Gasteiger partial charge in [0.05, 0.1) is 31.2 Å². The molecule has 0 radical (unpaired) electrons. The van der Waals surface area contributed by atoms with E-state index in [4.69, 9.17) is 9.47 Å². The quantitative estimate of drug-likeness (QED) is 0.384. The Morgan fingerprint density at radius 1 is 0.950 bits per heavy atom. The molecule has 0 spiro atoms. The lowest BCUT2D eigenvalue weighted by Crippen LogP contribution is -2.53. The van der Waals surface area contributed by atoms with E-state index in [0.717, 1.165) is 11.1 Å². The molecule has 9 heteroatoms. The van der Waals surface area contributed by atoms with Crippen LogP contribution in [0.2, 0.25) is 0 Å². The average Bonchev–Trinajstić information content (AvgIpc) is 3.18. The minimum Gasteiger partial charge on any atom is -0.497 e. The number of nitrogens with one attached hydrogen (secondary N) is 1. The van der Waals surface area contributed by atoms with Crippen molar-refractivity contribution in [1.29, 1.82) is 0 Å². The molecule has 0 aromatic heterocycles. The number of amides is 3. The molecule has 1 aliphatic heterocycles. The van der Waals surface area contributed by atoms with Gasteiger partial charge in [0.2, 0.25) is 11.8 Å². The lowest BCUT2D eigenvalue weighted by atomic mass is 9.99. The van der Waals surface area contributed by atoms with Crippen molar-refractivity contribution in [2.75, 3.05) is 31.0 Å². The summed E-state index contributed by atoms with van der Waals surface area (Å²) in [5, 5.41) is 2.90. The SMILES string of the molecule is COc1ccc(NC(=O)C(C(C)C)N(Cc2ccc(C)cc2)C(=O)CN2C(=O)C(=O)c3ccccc32)c(OC)c1. The van der Waals surface area contributed by atoms with Gasteiger partial charge in [-0.15, -0.1) is 0 Å². The average molecular weight is 544 g/mol. The van der Waals surface area contributed by atoms with Crippen molar-refractivity contribution in [2.45, 2.75) is 33.4 Å². The number of fused-ring (bicyclic) bond motifs is 1. The van der Waals surface area contributed by atoms with E-state index in [-0.39, 0.29) is 24.6 Å². The second kappa shape index (κ2) is 12.0. The molecule has 3 aromatic rings. The molecule has 1 atom stereocenters. The first kappa shape index (κ1) is 28.4. The highest BCUT2D eigenvalue weighted by Gasteiger charge is 2.39. The number of carbonyl (C=O) groups is 4. The number of benzene rings is 3. The molecule has 0 aliphatic carbocycles. The number of aryl methyl sites for hydroxylation is 1. The maximum Gasteiger partial charge on any atom is 0.299 e. The first-order valence-electron chi connectivity index (χ1n) is 13.0. The van der Waals surface area contributed by atoms with Crippen LogP contribution >= 0.6 is 0 Å². The van der Waals surface area contributed by atoms with E-state index < -0.39 is 29.5 Å². The van der Waals surface area contributed by atoms with E-state index in [1.54, 1.807) is 42.5 Å². The van der Waals surface area contributed by atoms with Crippen LogP contribution in [0.3, 0.4) is 0 Å². The molecule has 1 heterocycles. The molecule has 1 aliphatic rings. The summed E-state index contributed by atoms with van der Waals surface area (Å²) in [6.45, 7) is 5.42. The molecular weight excluding hydrogens is 510 g/mol. The fourth-order valence-corrected chi connectivity index (χ4v) is 4.78. The molecule has 3 amide bonds. The molecule has 4 rings (SSSR count). The molecule has 3 aromatic carbocycles. The minimum absolute atomic E-state index is 0.132. The highest BCUT2D eigenvalue weighted by atomic mass is 16.5. The maximum atomic E-state index is 13.9. The Labute approximate surface area is 233 Å². The van der Waals surface area contributed by atoms with Crippen molar-refractivity contribution in [3.05, 3.63) is 83.4 Å². The number of Topliss-reactive ketones (excluding diaryl/α,β-unsaturated/α-hetero) is 1. The van der Waals surface area contributed by atoms with Crippen molar-refractivity contribution >= 4 is 34.9 Å². The highest BCUT2D eigenvalue weighted by molar-refractivity contribution is 6.52. The number of rotatable bonds is 10. The summed E-state index contributed by atoms with van der Waals surface area (Å²) in [6, 6.07) is 18.4. The van der Waals surface area contributed by atoms with Gasteiger partial charge in [-0.3, -0.25) is 24.1 Å². The molecule has 0 fully saturated rings. The molecule has 40 heavy (non-hydrogen) atoms. The summed E-state index contributed by atoms with van der Waals surface area (Å²) >= 11 is 0. The van der Waals surface area contributed by atoms with Crippen LogP contribution in [-0.4, -0.2) is 55.2 Å². The van der Waals surface area contributed by atoms with Gasteiger partial charge >= 0.3 is 0 Å². The summed E-state index contributed by atoms with van der Waals surface area (Å²) in [6.07, 6.45) is 0. The minimum atomic E-state index is -0.899. The Bertz CT molecular complexity index is 1430. The van der Waals surface area contributed by atoms with Crippen LogP contribution in [0.5, 0.6) is 11.5 Å². The van der Waals surface area contributed by atoms with Gasteiger partial charge < -0.3 is 19.7 Å². The third kappa shape index (κ3) is 5.83. The number of ether oxygens (including phenoxy) is 2. The van der Waals surface area contributed by atoms with Crippen LogP contribution in [0.1, 0.15) is 35.3 Å². The maximum absolute atomic E-state index is 13.9. The van der Waals surface area contributed by atoms with Crippen molar-refractivity contribution in [3.8, 4) is 11.5 Å². The lowest BCUT2D eigenvalue weighted by Gasteiger charge is -2.35. The van der Waals surface area contributed by atoms with Crippen LogP contribution in [0.15, 0.2) is 66.7 Å². The number of ketones is 1. The second-order valence-corrected chi connectivity index (χ2v) is 9.99. The van der Waals surface area contributed by atoms with Gasteiger partial charge in [-0.05, 0) is 42.7 Å². The summed E-state index contributed by atoms with van der Waals surface area (Å²) < 4.78 is 10.7. The number of nitrogens with zero attached hydrogens (tertiary/aromatic N) is 2. The zero-order valence-corrected chi connectivity index (χ0v) is 23.3. The van der Waals surface area contributed by atoms with Crippen LogP contribution in [0, 0.1) is 12.8 Å². The molecule has 0 saturated carbocycles. The Morgan fingerprint density at radius 2 is 1.65 bits per heavy atom. The van der Waals surface area contributed by atoms with Crippen LogP contribution in [-0.2, 0) is 20.9 Å². The van der Waals surface area contributed by atoms with Crippen molar-refractivity contribution < 1.29 is 28.7 Å². The predicted molar refractivity (Wildman–Crippen MR) is 152 cm³/mol. The number of hydrogen-bond acceptors (Lipinski definition) is 6. The Hall–Kier alpha value is -4.66. The smallest absolute Gasteiger partial charge is 0.299 e. The van der Waals surface area contributed by atoms with E-state index in [0.29, 0.717) is 22.9 Å². The molecule has 1 N–H and O–H groups in total. The predicted octanol–water partition coefficient (Wildman–Crippen LogP) is 4.23. The molecule has 0 saturated heterocycles. The van der Waals surface area contributed by atoms with Crippen LogP contribution < -0.4 is 19.7 Å². The third-order valence-electron chi connectivity index (χ3n) is 6.87. The number of carbonyl (C=O) groups excluding carboxylic acids is 4. The zero-order chi connectivity index (χ0) is 29.0. The summed E-state index contributed by atoms with van der Waals surface area (Å²) in [4.78, 5) is 55.7. The molecular formula is C31H33N3O6. The Morgan fingerprint density at radius 3 is 2.30 bits per heavy atom. The van der Waals surface area contributed by atoms with Gasteiger partial charge in [0.1, 0.15) is 24.1 Å². The van der Waals surface area contributed by atoms with Crippen LogP contribution in [0.25, 0.3) is 0 Å². The summed E-state index contributed by atoms with van der Waals surface area (Å²) in [5.41, 5.74) is 2.95. The molecule has 1 unspecified atom stereocenters. The largest absolute Gasteiger partial charge is 0.497 e. The summed E-state index contributed by atoms with van der Waals surface area (Å²) in [5.74, 6) is -1.61. The van der Waals surface area contributed by atoms with E-state index in [1.165, 1.54) is 24.0 Å². The molecule has 9 nitrogen and oxygen atoms in total. The van der Waals surface area contributed by atoms with Crippen molar-refractivity contribution in [1.82, 2.24) is 4.90 Å².